The van der Waals surface area contributed by atoms with Crippen LogP contribution in [-0.4, -0.2) is 75.8 Å². The Morgan fingerprint density at radius 3 is 2.70 bits per heavy atom. The van der Waals surface area contributed by atoms with Crippen LogP contribution < -0.4 is 15.0 Å². The number of hydrogen-bond donors (Lipinski definition) is 1. The summed E-state index contributed by atoms with van der Waals surface area (Å²) in [6.45, 7) is 6.14. The highest BCUT2D eigenvalue weighted by molar-refractivity contribution is 8.13. The van der Waals surface area contributed by atoms with E-state index in [1.807, 2.05) is 62.4 Å². The fourth-order valence-electron chi connectivity index (χ4n) is 4.19. The molecule has 3 aromatic rings. The van der Waals surface area contributed by atoms with Crippen LogP contribution in [0.25, 0.3) is 5.69 Å². The molecule has 1 amide bonds. The topological polar surface area (TPSA) is 115 Å². The average Bonchev–Trinajstić information content (AvgIpc) is 3.59. The third-order valence-electron chi connectivity index (χ3n) is 6.12. The number of ether oxygens (including phenoxy) is 2. The van der Waals surface area contributed by atoms with E-state index < -0.39 is 0 Å². The van der Waals surface area contributed by atoms with Gasteiger partial charge < -0.3 is 24.6 Å². The molecule has 0 aliphatic carbocycles. The van der Waals surface area contributed by atoms with Crippen molar-refractivity contribution in [1.82, 2.24) is 25.1 Å². The third-order valence-corrected chi connectivity index (χ3v) is 6.99. The summed E-state index contributed by atoms with van der Waals surface area (Å²) in [6, 6.07) is 15.0. The summed E-state index contributed by atoms with van der Waals surface area (Å²) in [5.74, 6) is 0.470. The summed E-state index contributed by atoms with van der Waals surface area (Å²) in [5, 5.41) is 15.4. The van der Waals surface area contributed by atoms with E-state index in [1.165, 1.54) is 11.8 Å². The van der Waals surface area contributed by atoms with Gasteiger partial charge in [-0.3, -0.25) is 4.79 Å². The van der Waals surface area contributed by atoms with Gasteiger partial charge in [-0.25, -0.2) is 4.79 Å². The predicted octanol–water partition coefficient (Wildman–Crippen LogP) is 3.81. The molecule has 37 heavy (non-hydrogen) atoms. The summed E-state index contributed by atoms with van der Waals surface area (Å²) in [5.41, 5.74) is 2.45. The van der Waals surface area contributed by atoms with Crippen molar-refractivity contribution in [3.8, 4) is 11.4 Å². The molecule has 2 aromatic carbocycles. The number of aromatic nitrogens is 4. The lowest BCUT2D eigenvalue weighted by Gasteiger charge is -2.25. The maximum Gasteiger partial charge on any atom is 0.328 e. The molecular weight excluding hydrogens is 494 g/mol. The zero-order valence-corrected chi connectivity index (χ0v) is 22.0. The fourth-order valence-corrected chi connectivity index (χ4v) is 5.04. The van der Waals surface area contributed by atoms with Gasteiger partial charge in [0.25, 0.3) is 5.24 Å². The van der Waals surface area contributed by atoms with Crippen molar-refractivity contribution in [2.45, 2.75) is 37.9 Å². The standard InChI is InChI=1S/C25H31N7O4S/c1-4-30(5-2)25(34)37-24-27-28-29-32(24)20-11-6-9-18(15-20)26-17-36-21-12-7-10-19(16-21)31-14-8-13-22(31)23(33)35-3/h6-7,9-12,15-16,22,26H,4-5,8,13-14,17H2,1-3H3. The third kappa shape index (κ3) is 6.31. The van der Waals surface area contributed by atoms with E-state index in [9.17, 15) is 9.59 Å². The number of anilines is 2. The van der Waals surface area contributed by atoms with Crippen molar-refractivity contribution in [2.75, 3.05) is 43.7 Å². The molecule has 1 atom stereocenters. The zero-order valence-electron chi connectivity index (χ0n) is 21.2. The Labute approximate surface area is 220 Å². The van der Waals surface area contributed by atoms with Crippen LogP contribution in [0.2, 0.25) is 0 Å². The van der Waals surface area contributed by atoms with Gasteiger partial charge in [-0.15, -0.1) is 5.10 Å². The highest BCUT2D eigenvalue weighted by Crippen LogP contribution is 2.29. The van der Waals surface area contributed by atoms with Crippen LogP contribution in [0.5, 0.6) is 5.75 Å². The monoisotopic (exact) mass is 525 g/mol. The number of thioether (sulfide) groups is 1. The van der Waals surface area contributed by atoms with Gasteiger partial charge in [0.15, 0.2) is 6.73 Å². The molecule has 1 aliphatic heterocycles. The van der Waals surface area contributed by atoms with E-state index in [0.717, 1.165) is 48.2 Å². The Balaban J connectivity index is 1.38. The highest BCUT2D eigenvalue weighted by atomic mass is 32.2. The lowest BCUT2D eigenvalue weighted by molar-refractivity contribution is -0.141. The van der Waals surface area contributed by atoms with Gasteiger partial charge in [0.05, 0.1) is 12.8 Å². The number of tetrazole rings is 1. The minimum atomic E-state index is -0.266. The zero-order chi connectivity index (χ0) is 26.2. The number of carbonyl (C=O) groups is 2. The van der Waals surface area contributed by atoms with Crippen molar-refractivity contribution >= 4 is 34.3 Å². The van der Waals surface area contributed by atoms with Crippen LogP contribution in [0.1, 0.15) is 26.7 Å². The summed E-state index contributed by atoms with van der Waals surface area (Å²) < 4.78 is 12.4. The highest BCUT2D eigenvalue weighted by Gasteiger charge is 2.31. The number of amides is 1. The lowest BCUT2D eigenvalue weighted by Crippen LogP contribution is -2.36. The first-order chi connectivity index (χ1) is 18.0. The van der Waals surface area contributed by atoms with E-state index in [0.29, 0.717) is 24.0 Å². The van der Waals surface area contributed by atoms with Gasteiger partial charge in [-0.1, -0.05) is 12.1 Å². The molecule has 11 nitrogen and oxygen atoms in total. The first kappa shape index (κ1) is 26.3. The molecule has 2 heterocycles. The molecule has 1 N–H and O–H groups in total. The Morgan fingerprint density at radius 2 is 1.92 bits per heavy atom. The number of nitrogens with one attached hydrogen (secondary N) is 1. The van der Waals surface area contributed by atoms with Crippen molar-refractivity contribution in [1.29, 1.82) is 0 Å². The Bertz CT molecular complexity index is 1220. The lowest BCUT2D eigenvalue weighted by atomic mass is 10.2. The number of carbonyl (C=O) groups excluding carboxylic acids is 2. The molecule has 1 aliphatic rings. The number of methoxy groups -OCH3 is 1. The van der Waals surface area contributed by atoms with E-state index in [1.54, 1.807) is 4.90 Å². The molecule has 0 spiro atoms. The maximum atomic E-state index is 12.5. The van der Waals surface area contributed by atoms with E-state index in [-0.39, 0.29) is 24.0 Å². The molecule has 1 fully saturated rings. The maximum absolute atomic E-state index is 12.5. The summed E-state index contributed by atoms with van der Waals surface area (Å²) >= 11 is 1.00. The SMILES string of the molecule is CCN(CC)C(=O)Sc1nnnn1-c1cccc(NCOc2cccc(N3CCCC3C(=O)OC)c2)c1. The van der Waals surface area contributed by atoms with Crippen molar-refractivity contribution in [2.24, 2.45) is 0 Å². The van der Waals surface area contributed by atoms with Gasteiger partial charge in [0, 0.05) is 48.8 Å². The molecule has 196 valence electrons. The number of esters is 1. The van der Waals surface area contributed by atoms with Crippen LogP contribution in [-0.2, 0) is 9.53 Å². The number of rotatable bonds is 10. The number of nitrogens with zero attached hydrogens (tertiary/aromatic N) is 6. The number of benzene rings is 2. The molecule has 1 unspecified atom stereocenters. The summed E-state index contributed by atoms with van der Waals surface area (Å²) in [7, 11) is 1.42. The first-order valence-electron chi connectivity index (χ1n) is 12.2. The largest absolute Gasteiger partial charge is 0.473 e. The Hall–Kier alpha value is -3.80. The Kier molecular flexibility index (Phi) is 8.83. The smallest absolute Gasteiger partial charge is 0.328 e. The summed E-state index contributed by atoms with van der Waals surface area (Å²) in [6.07, 6.45) is 1.72. The first-order valence-corrected chi connectivity index (χ1v) is 13.0. The predicted molar refractivity (Wildman–Crippen MR) is 141 cm³/mol. The molecule has 4 rings (SSSR count). The second kappa shape index (κ2) is 12.4. The second-order valence-corrected chi connectivity index (χ2v) is 9.22. The van der Waals surface area contributed by atoms with Crippen molar-refractivity contribution in [3.63, 3.8) is 0 Å². The van der Waals surface area contributed by atoms with Crippen molar-refractivity contribution in [3.05, 3.63) is 48.5 Å². The molecule has 0 saturated carbocycles. The van der Waals surface area contributed by atoms with E-state index in [4.69, 9.17) is 9.47 Å². The van der Waals surface area contributed by atoms with Gasteiger partial charge >= 0.3 is 5.97 Å². The molecule has 12 heteroatoms. The van der Waals surface area contributed by atoms with Gasteiger partial charge in [-0.05, 0) is 67.4 Å². The summed E-state index contributed by atoms with van der Waals surface area (Å²) in [4.78, 5) is 28.4. The molecule has 1 aromatic heterocycles. The van der Waals surface area contributed by atoms with Crippen LogP contribution in [0.3, 0.4) is 0 Å². The van der Waals surface area contributed by atoms with Crippen LogP contribution in [0, 0.1) is 0 Å². The second-order valence-electron chi connectivity index (χ2n) is 8.30. The molecular formula is C25H31N7O4S. The normalized spacial score (nSPS) is 14.9. The van der Waals surface area contributed by atoms with E-state index >= 15 is 0 Å². The fraction of sp³-hybridized carbons (Fsp3) is 0.400. The minimum absolute atomic E-state index is 0.0993. The molecule has 1 saturated heterocycles. The van der Waals surface area contributed by atoms with Gasteiger partial charge in [-0.2, -0.15) is 4.68 Å². The van der Waals surface area contributed by atoms with E-state index in [2.05, 4.69) is 25.7 Å². The van der Waals surface area contributed by atoms with Gasteiger partial charge in [0.1, 0.15) is 11.8 Å². The minimum Gasteiger partial charge on any atom is -0.473 e. The van der Waals surface area contributed by atoms with Crippen LogP contribution >= 0.6 is 11.8 Å². The molecule has 0 radical (unpaired) electrons. The molecule has 0 bridgehead atoms. The van der Waals surface area contributed by atoms with Gasteiger partial charge in [0.2, 0.25) is 5.16 Å². The number of hydrogen-bond acceptors (Lipinski definition) is 10. The van der Waals surface area contributed by atoms with Crippen molar-refractivity contribution < 1.29 is 19.1 Å². The van der Waals surface area contributed by atoms with Crippen LogP contribution in [0.4, 0.5) is 16.2 Å². The van der Waals surface area contributed by atoms with Crippen LogP contribution in [0.15, 0.2) is 53.7 Å². The Morgan fingerprint density at radius 1 is 1.14 bits per heavy atom. The average molecular weight is 526 g/mol. The quantitative estimate of drug-likeness (QED) is 0.238.